The van der Waals surface area contributed by atoms with Crippen molar-refractivity contribution < 1.29 is 18.6 Å². The maximum absolute atomic E-state index is 13.7. The number of amidine groups is 1. The summed E-state index contributed by atoms with van der Waals surface area (Å²) in [6.07, 6.45) is 0. The molecule has 0 saturated heterocycles. The minimum Gasteiger partial charge on any atom is -0.488 e. The van der Waals surface area contributed by atoms with Gasteiger partial charge in [-0.15, -0.1) is 0 Å². The van der Waals surface area contributed by atoms with Crippen LogP contribution in [0.15, 0.2) is 36.4 Å². The van der Waals surface area contributed by atoms with Gasteiger partial charge < -0.3 is 19.9 Å². The average molecular weight is 288 g/mol. The van der Waals surface area contributed by atoms with Gasteiger partial charge in [0, 0.05) is 0 Å². The molecule has 0 saturated carbocycles. The lowest BCUT2D eigenvalue weighted by atomic mass is 10.1. The summed E-state index contributed by atoms with van der Waals surface area (Å²) < 4.78 is 29.7. The number of ether oxygens (including phenoxy) is 3. The van der Waals surface area contributed by atoms with Gasteiger partial charge in [-0.1, -0.05) is 12.1 Å². The van der Waals surface area contributed by atoms with E-state index in [1.165, 1.54) is 12.1 Å². The Morgan fingerprint density at radius 3 is 2.86 bits per heavy atom. The monoisotopic (exact) mass is 288 g/mol. The third-order valence-electron chi connectivity index (χ3n) is 3.08. The van der Waals surface area contributed by atoms with Crippen LogP contribution in [0.2, 0.25) is 0 Å². The second-order valence-corrected chi connectivity index (χ2v) is 4.50. The summed E-state index contributed by atoms with van der Waals surface area (Å²) in [5.74, 6) is 0.635. The molecule has 0 unspecified atom stereocenters. The van der Waals surface area contributed by atoms with Crippen LogP contribution in [-0.4, -0.2) is 12.6 Å². The van der Waals surface area contributed by atoms with Crippen LogP contribution in [0, 0.1) is 11.2 Å². The van der Waals surface area contributed by atoms with Gasteiger partial charge in [-0.3, -0.25) is 5.41 Å². The lowest BCUT2D eigenvalue weighted by molar-refractivity contribution is 0.174. The molecule has 0 aromatic heterocycles. The van der Waals surface area contributed by atoms with Gasteiger partial charge in [0.05, 0.1) is 5.56 Å². The predicted molar refractivity (Wildman–Crippen MR) is 74.3 cm³/mol. The van der Waals surface area contributed by atoms with Crippen molar-refractivity contribution in [2.75, 3.05) is 6.79 Å². The van der Waals surface area contributed by atoms with Gasteiger partial charge in [-0.05, 0) is 29.8 Å². The van der Waals surface area contributed by atoms with Crippen molar-refractivity contribution in [3.63, 3.8) is 0 Å². The first-order chi connectivity index (χ1) is 10.1. The SMILES string of the molecule is N=C(N)c1c(F)cccc1OCc1ccc2c(c1)OCO2. The van der Waals surface area contributed by atoms with Crippen molar-refractivity contribution >= 4 is 5.84 Å². The molecule has 0 spiro atoms. The summed E-state index contributed by atoms with van der Waals surface area (Å²) in [5, 5.41) is 7.42. The van der Waals surface area contributed by atoms with E-state index in [0.717, 1.165) is 5.56 Å². The quantitative estimate of drug-likeness (QED) is 0.669. The van der Waals surface area contributed by atoms with Gasteiger partial charge in [-0.25, -0.2) is 4.39 Å². The number of halogens is 1. The Labute approximate surface area is 120 Å². The highest BCUT2D eigenvalue weighted by Crippen LogP contribution is 2.33. The highest BCUT2D eigenvalue weighted by Gasteiger charge is 2.15. The topological polar surface area (TPSA) is 77.6 Å². The van der Waals surface area contributed by atoms with E-state index in [9.17, 15) is 4.39 Å². The summed E-state index contributed by atoms with van der Waals surface area (Å²) in [6.45, 7) is 0.415. The molecule has 6 heteroatoms. The number of hydrogen-bond donors (Lipinski definition) is 2. The molecule has 0 bridgehead atoms. The minimum atomic E-state index is -0.578. The first-order valence-corrected chi connectivity index (χ1v) is 6.29. The summed E-state index contributed by atoms with van der Waals surface area (Å²) in [5.41, 5.74) is 6.20. The minimum absolute atomic E-state index is 0.0294. The van der Waals surface area contributed by atoms with Crippen LogP contribution in [0.3, 0.4) is 0 Å². The summed E-state index contributed by atoms with van der Waals surface area (Å²) in [4.78, 5) is 0. The lowest BCUT2D eigenvalue weighted by Gasteiger charge is -2.11. The molecule has 108 valence electrons. The first-order valence-electron chi connectivity index (χ1n) is 6.29. The molecule has 0 amide bonds. The third kappa shape index (κ3) is 2.60. The van der Waals surface area contributed by atoms with Crippen LogP contribution < -0.4 is 19.9 Å². The fourth-order valence-corrected chi connectivity index (χ4v) is 2.08. The van der Waals surface area contributed by atoms with Crippen molar-refractivity contribution in [1.29, 1.82) is 5.41 Å². The third-order valence-corrected chi connectivity index (χ3v) is 3.08. The Kier molecular flexibility index (Phi) is 3.35. The molecule has 1 aliphatic heterocycles. The number of nitrogens with two attached hydrogens (primary N) is 1. The van der Waals surface area contributed by atoms with Gasteiger partial charge in [0.2, 0.25) is 6.79 Å². The molecule has 21 heavy (non-hydrogen) atoms. The Balaban J connectivity index is 1.79. The van der Waals surface area contributed by atoms with Crippen molar-refractivity contribution in [1.82, 2.24) is 0 Å². The van der Waals surface area contributed by atoms with Crippen LogP contribution in [0.25, 0.3) is 0 Å². The van der Waals surface area contributed by atoms with Gasteiger partial charge in [0.15, 0.2) is 11.5 Å². The standard InChI is InChI=1S/C15H13FN2O3/c16-10-2-1-3-12(14(10)15(17)18)19-7-9-4-5-11-13(6-9)21-8-20-11/h1-6H,7-8H2,(H3,17,18). The number of nitrogens with one attached hydrogen (secondary N) is 1. The zero-order valence-electron chi connectivity index (χ0n) is 11.1. The molecule has 1 aliphatic rings. The van der Waals surface area contributed by atoms with Gasteiger partial charge in [0.1, 0.15) is 24.0 Å². The van der Waals surface area contributed by atoms with Crippen LogP contribution >= 0.6 is 0 Å². The maximum atomic E-state index is 13.7. The maximum Gasteiger partial charge on any atom is 0.231 e. The molecular weight excluding hydrogens is 275 g/mol. The van der Waals surface area contributed by atoms with Gasteiger partial charge in [0.25, 0.3) is 0 Å². The highest BCUT2D eigenvalue weighted by molar-refractivity contribution is 5.97. The van der Waals surface area contributed by atoms with Crippen LogP contribution in [-0.2, 0) is 6.61 Å². The van der Waals surface area contributed by atoms with Crippen molar-refractivity contribution in [3.8, 4) is 17.2 Å². The lowest BCUT2D eigenvalue weighted by Crippen LogP contribution is -2.15. The first kappa shape index (κ1) is 13.2. The van der Waals surface area contributed by atoms with E-state index in [2.05, 4.69) is 0 Å². The predicted octanol–water partition coefficient (Wildman–Crippen LogP) is 2.42. The fraction of sp³-hybridized carbons (Fsp3) is 0.133. The number of hydrogen-bond acceptors (Lipinski definition) is 4. The number of fused-ring (bicyclic) bond motifs is 1. The van der Waals surface area contributed by atoms with Crippen LogP contribution in [0.1, 0.15) is 11.1 Å². The second-order valence-electron chi connectivity index (χ2n) is 4.50. The molecule has 3 N–H and O–H groups in total. The molecule has 0 aliphatic carbocycles. The molecule has 0 atom stereocenters. The fourth-order valence-electron chi connectivity index (χ4n) is 2.08. The van der Waals surface area contributed by atoms with E-state index >= 15 is 0 Å². The molecule has 1 heterocycles. The smallest absolute Gasteiger partial charge is 0.231 e. The zero-order chi connectivity index (χ0) is 14.8. The number of rotatable bonds is 4. The molecule has 0 fully saturated rings. The van der Waals surface area contributed by atoms with Gasteiger partial charge >= 0.3 is 0 Å². The van der Waals surface area contributed by atoms with Crippen LogP contribution in [0.5, 0.6) is 17.2 Å². The van der Waals surface area contributed by atoms with Gasteiger partial charge in [-0.2, -0.15) is 0 Å². The van der Waals surface area contributed by atoms with E-state index in [0.29, 0.717) is 11.5 Å². The largest absolute Gasteiger partial charge is 0.488 e. The van der Waals surface area contributed by atoms with Crippen molar-refractivity contribution in [3.05, 3.63) is 53.3 Å². The Hall–Kier alpha value is -2.76. The van der Waals surface area contributed by atoms with E-state index in [1.807, 2.05) is 6.07 Å². The number of benzene rings is 2. The molecule has 5 nitrogen and oxygen atoms in total. The Morgan fingerprint density at radius 2 is 2.05 bits per heavy atom. The molecule has 2 aromatic rings. The Bertz CT molecular complexity index is 703. The van der Waals surface area contributed by atoms with E-state index < -0.39 is 5.82 Å². The second kappa shape index (κ2) is 5.32. The van der Waals surface area contributed by atoms with Crippen molar-refractivity contribution in [2.24, 2.45) is 5.73 Å². The van der Waals surface area contributed by atoms with Crippen molar-refractivity contribution in [2.45, 2.75) is 6.61 Å². The highest BCUT2D eigenvalue weighted by atomic mass is 19.1. The van der Waals surface area contributed by atoms with Crippen LogP contribution in [0.4, 0.5) is 4.39 Å². The summed E-state index contributed by atoms with van der Waals surface area (Å²) in [6, 6.07) is 9.75. The number of nitrogen functional groups attached to an aromatic ring is 1. The molecule has 3 rings (SSSR count). The summed E-state index contributed by atoms with van der Waals surface area (Å²) in [7, 11) is 0. The van der Waals surface area contributed by atoms with E-state index in [4.69, 9.17) is 25.4 Å². The molecule has 0 radical (unpaired) electrons. The van der Waals surface area contributed by atoms with E-state index in [1.54, 1.807) is 18.2 Å². The zero-order valence-corrected chi connectivity index (χ0v) is 11.1. The Morgan fingerprint density at radius 1 is 1.24 bits per heavy atom. The van der Waals surface area contributed by atoms with E-state index in [-0.39, 0.29) is 30.5 Å². The normalized spacial score (nSPS) is 12.2. The summed E-state index contributed by atoms with van der Waals surface area (Å²) >= 11 is 0. The molecular formula is C15H13FN2O3. The average Bonchev–Trinajstić information content (AvgIpc) is 2.92. The molecule has 2 aromatic carbocycles.